The maximum absolute atomic E-state index is 12.7. The van der Waals surface area contributed by atoms with Gasteiger partial charge in [0.05, 0.1) is 6.54 Å². The number of halogens is 1. The maximum atomic E-state index is 12.7. The van der Waals surface area contributed by atoms with Gasteiger partial charge in [-0.05, 0) is 42.9 Å². The SMILES string of the molecule is CCNCc1ccc(-c2ccc(F)cc2)o1. The highest BCUT2D eigenvalue weighted by Crippen LogP contribution is 2.22. The van der Waals surface area contributed by atoms with Crippen molar-refractivity contribution in [1.82, 2.24) is 5.32 Å². The highest BCUT2D eigenvalue weighted by Gasteiger charge is 2.04. The van der Waals surface area contributed by atoms with Gasteiger partial charge < -0.3 is 9.73 Å². The Morgan fingerprint density at radius 3 is 2.56 bits per heavy atom. The van der Waals surface area contributed by atoms with Crippen molar-refractivity contribution in [3.05, 3.63) is 48.0 Å². The molecule has 1 aromatic heterocycles. The summed E-state index contributed by atoms with van der Waals surface area (Å²) in [6.07, 6.45) is 0. The Hall–Kier alpha value is -1.61. The van der Waals surface area contributed by atoms with Crippen molar-refractivity contribution in [3.8, 4) is 11.3 Å². The molecule has 0 aliphatic rings. The minimum atomic E-state index is -0.233. The zero-order chi connectivity index (χ0) is 11.4. The fourth-order valence-corrected chi connectivity index (χ4v) is 1.49. The third-order valence-corrected chi connectivity index (χ3v) is 2.34. The number of hydrogen-bond donors (Lipinski definition) is 1. The summed E-state index contributed by atoms with van der Waals surface area (Å²) in [5, 5.41) is 3.18. The fraction of sp³-hybridized carbons (Fsp3) is 0.231. The summed E-state index contributed by atoms with van der Waals surface area (Å²) in [6.45, 7) is 3.67. The second-order valence-electron chi connectivity index (χ2n) is 3.55. The average molecular weight is 219 g/mol. The molecule has 1 aromatic carbocycles. The number of hydrogen-bond acceptors (Lipinski definition) is 2. The first-order valence-electron chi connectivity index (χ1n) is 5.35. The summed E-state index contributed by atoms with van der Waals surface area (Å²) in [6, 6.07) is 10.1. The van der Waals surface area contributed by atoms with Gasteiger partial charge in [-0.25, -0.2) is 4.39 Å². The molecule has 0 spiro atoms. The second kappa shape index (κ2) is 4.94. The molecule has 0 amide bonds. The standard InChI is InChI=1S/C13H14FNO/c1-2-15-9-12-7-8-13(16-12)10-3-5-11(14)6-4-10/h3-8,15H,2,9H2,1H3. The summed E-state index contributed by atoms with van der Waals surface area (Å²) in [5.41, 5.74) is 0.893. The molecule has 84 valence electrons. The van der Waals surface area contributed by atoms with Crippen molar-refractivity contribution in [2.24, 2.45) is 0 Å². The summed E-state index contributed by atoms with van der Waals surface area (Å²) in [7, 11) is 0. The van der Waals surface area contributed by atoms with Crippen LogP contribution < -0.4 is 5.32 Å². The van der Waals surface area contributed by atoms with E-state index >= 15 is 0 Å². The molecule has 2 nitrogen and oxygen atoms in total. The average Bonchev–Trinajstić information content (AvgIpc) is 2.76. The first kappa shape index (κ1) is 10.9. The molecule has 1 N–H and O–H groups in total. The van der Waals surface area contributed by atoms with Crippen molar-refractivity contribution in [2.45, 2.75) is 13.5 Å². The molecule has 0 saturated heterocycles. The topological polar surface area (TPSA) is 25.2 Å². The van der Waals surface area contributed by atoms with E-state index in [0.717, 1.165) is 30.2 Å². The first-order chi connectivity index (χ1) is 7.79. The Balaban J connectivity index is 2.15. The van der Waals surface area contributed by atoms with E-state index in [2.05, 4.69) is 5.32 Å². The van der Waals surface area contributed by atoms with Crippen LogP contribution in [0.4, 0.5) is 4.39 Å². The molecule has 2 rings (SSSR count). The van der Waals surface area contributed by atoms with E-state index in [1.807, 2.05) is 19.1 Å². The van der Waals surface area contributed by atoms with Crippen molar-refractivity contribution < 1.29 is 8.81 Å². The van der Waals surface area contributed by atoms with Crippen molar-refractivity contribution in [2.75, 3.05) is 6.54 Å². The van der Waals surface area contributed by atoms with Gasteiger partial charge in [-0.15, -0.1) is 0 Å². The van der Waals surface area contributed by atoms with Gasteiger partial charge in [0.25, 0.3) is 0 Å². The molecule has 0 aliphatic carbocycles. The lowest BCUT2D eigenvalue weighted by Gasteiger charge is -1.98. The van der Waals surface area contributed by atoms with Crippen LogP contribution in [0.15, 0.2) is 40.8 Å². The Bertz CT molecular complexity index is 447. The van der Waals surface area contributed by atoms with E-state index in [1.165, 1.54) is 12.1 Å². The van der Waals surface area contributed by atoms with E-state index in [9.17, 15) is 4.39 Å². The van der Waals surface area contributed by atoms with Crippen LogP contribution in [-0.4, -0.2) is 6.54 Å². The highest BCUT2D eigenvalue weighted by atomic mass is 19.1. The molecular formula is C13H14FNO. The van der Waals surface area contributed by atoms with Gasteiger partial charge in [-0.1, -0.05) is 6.92 Å². The molecular weight excluding hydrogens is 205 g/mol. The van der Waals surface area contributed by atoms with Crippen LogP contribution >= 0.6 is 0 Å². The quantitative estimate of drug-likeness (QED) is 0.854. The van der Waals surface area contributed by atoms with Crippen molar-refractivity contribution in [3.63, 3.8) is 0 Å². The van der Waals surface area contributed by atoms with E-state index in [0.29, 0.717) is 0 Å². The predicted molar refractivity (Wildman–Crippen MR) is 61.5 cm³/mol. The number of benzene rings is 1. The summed E-state index contributed by atoms with van der Waals surface area (Å²) < 4.78 is 18.4. The lowest BCUT2D eigenvalue weighted by Crippen LogP contribution is -2.10. The molecule has 3 heteroatoms. The molecule has 0 aliphatic heterocycles. The van der Waals surface area contributed by atoms with Gasteiger partial charge in [-0.3, -0.25) is 0 Å². The molecule has 2 aromatic rings. The number of nitrogens with one attached hydrogen (secondary N) is 1. The smallest absolute Gasteiger partial charge is 0.134 e. The highest BCUT2D eigenvalue weighted by molar-refractivity contribution is 5.57. The third kappa shape index (κ3) is 2.49. The van der Waals surface area contributed by atoms with Crippen LogP contribution in [0.3, 0.4) is 0 Å². The Kier molecular flexibility index (Phi) is 3.37. The van der Waals surface area contributed by atoms with E-state index in [4.69, 9.17) is 4.42 Å². The monoisotopic (exact) mass is 219 g/mol. The zero-order valence-corrected chi connectivity index (χ0v) is 9.16. The van der Waals surface area contributed by atoms with Crippen LogP contribution in [-0.2, 0) is 6.54 Å². The maximum Gasteiger partial charge on any atom is 0.134 e. The minimum Gasteiger partial charge on any atom is -0.460 e. The molecule has 16 heavy (non-hydrogen) atoms. The van der Waals surface area contributed by atoms with Gasteiger partial charge in [0, 0.05) is 5.56 Å². The molecule has 0 bridgehead atoms. The summed E-state index contributed by atoms with van der Waals surface area (Å²) in [5.74, 6) is 1.43. The van der Waals surface area contributed by atoms with Crippen LogP contribution in [0.2, 0.25) is 0 Å². The Morgan fingerprint density at radius 1 is 1.12 bits per heavy atom. The van der Waals surface area contributed by atoms with Crippen LogP contribution in [0, 0.1) is 5.82 Å². The minimum absolute atomic E-state index is 0.233. The van der Waals surface area contributed by atoms with E-state index in [1.54, 1.807) is 12.1 Å². The van der Waals surface area contributed by atoms with Crippen LogP contribution in [0.1, 0.15) is 12.7 Å². The normalized spacial score (nSPS) is 10.6. The van der Waals surface area contributed by atoms with Crippen molar-refractivity contribution >= 4 is 0 Å². The molecule has 0 atom stereocenters. The van der Waals surface area contributed by atoms with Gasteiger partial charge in [0.15, 0.2) is 0 Å². The van der Waals surface area contributed by atoms with Gasteiger partial charge in [0.2, 0.25) is 0 Å². The lowest BCUT2D eigenvalue weighted by atomic mass is 10.2. The van der Waals surface area contributed by atoms with Crippen LogP contribution in [0.5, 0.6) is 0 Å². The molecule has 0 fully saturated rings. The molecule has 0 unspecified atom stereocenters. The van der Waals surface area contributed by atoms with Gasteiger partial charge >= 0.3 is 0 Å². The molecule has 1 heterocycles. The summed E-state index contributed by atoms with van der Waals surface area (Å²) in [4.78, 5) is 0. The lowest BCUT2D eigenvalue weighted by molar-refractivity contribution is 0.498. The van der Waals surface area contributed by atoms with Crippen molar-refractivity contribution in [1.29, 1.82) is 0 Å². The molecule has 0 saturated carbocycles. The predicted octanol–water partition coefficient (Wildman–Crippen LogP) is 3.20. The molecule has 0 radical (unpaired) electrons. The number of rotatable bonds is 4. The van der Waals surface area contributed by atoms with E-state index < -0.39 is 0 Å². The third-order valence-electron chi connectivity index (χ3n) is 2.34. The first-order valence-corrected chi connectivity index (χ1v) is 5.35. The second-order valence-corrected chi connectivity index (χ2v) is 3.55. The number of furan rings is 1. The summed E-state index contributed by atoms with van der Waals surface area (Å²) >= 11 is 0. The largest absolute Gasteiger partial charge is 0.460 e. The fourth-order valence-electron chi connectivity index (χ4n) is 1.49. The zero-order valence-electron chi connectivity index (χ0n) is 9.16. The van der Waals surface area contributed by atoms with Gasteiger partial charge in [0.1, 0.15) is 17.3 Å². The van der Waals surface area contributed by atoms with E-state index in [-0.39, 0.29) is 5.82 Å². The van der Waals surface area contributed by atoms with Gasteiger partial charge in [-0.2, -0.15) is 0 Å². The Labute approximate surface area is 94.1 Å². The Morgan fingerprint density at radius 2 is 1.88 bits per heavy atom. The van der Waals surface area contributed by atoms with Crippen LogP contribution in [0.25, 0.3) is 11.3 Å².